The number of aromatic amines is 1. The van der Waals surface area contributed by atoms with E-state index in [1.165, 1.54) is 10.9 Å². The Bertz CT molecular complexity index is 887. The average molecular weight is 335 g/mol. The molecule has 1 aliphatic rings. The molecule has 25 heavy (non-hydrogen) atoms. The number of H-pyrrole nitrogens is 1. The molecule has 0 radical (unpaired) electrons. The zero-order valence-corrected chi connectivity index (χ0v) is 14.0. The number of hydrogen-bond acceptors (Lipinski definition) is 3. The highest BCUT2D eigenvalue weighted by Gasteiger charge is 2.19. The van der Waals surface area contributed by atoms with Crippen molar-refractivity contribution in [2.24, 2.45) is 0 Å². The van der Waals surface area contributed by atoms with Crippen molar-refractivity contribution < 1.29 is 9.53 Å². The summed E-state index contributed by atoms with van der Waals surface area (Å²) in [6.45, 7) is 2.33. The lowest BCUT2D eigenvalue weighted by Crippen LogP contribution is -2.41. The van der Waals surface area contributed by atoms with E-state index in [1.54, 1.807) is 0 Å². The van der Waals surface area contributed by atoms with Gasteiger partial charge in [-0.1, -0.05) is 30.3 Å². The molecule has 0 unspecified atom stereocenters. The molecule has 0 saturated heterocycles. The molecule has 128 valence electrons. The number of benzene rings is 2. The first kappa shape index (κ1) is 15.6. The number of nitrogens with one attached hydrogen (secondary N) is 2. The van der Waals surface area contributed by atoms with E-state index in [-0.39, 0.29) is 5.91 Å². The van der Waals surface area contributed by atoms with Crippen LogP contribution in [0.25, 0.3) is 10.9 Å². The highest BCUT2D eigenvalue weighted by atomic mass is 16.5. The maximum atomic E-state index is 12.3. The Balaban J connectivity index is 1.33. The molecular formula is C20H21N3O2. The van der Waals surface area contributed by atoms with E-state index in [4.69, 9.17) is 4.74 Å². The van der Waals surface area contributed by atoms with Gasteiger partial charge in [0.15, 0.2) is 0 Å². The number of fused-ring (bicyclic) bond motifs is 2. The summed E-state index contributed by atoms with van der Waals surface area (Å²) in [6.07, 6.45) is 2.84. The topological polar surface area (TPSA) is 57.4 Å². The number of hydrogen-bond donors (Lipinski definition) is 2. The molecule has 0 spiro atoms. The van der Waals surface area contributed by atoms with Gasteiger partial charge in [0.1, 0.15) is 12.4 Å². The molecule has 1 aromatic heterocycles. The van der Waals surface area contributed by atoms with E-state index < -0.39 is 0 Å². The van der Waals surface area contributed by atoms with Crippen LogP contribution in [0.4, 0.5) is 5.69 Å². The summed E-state index contributed by atoms with van der Waals surface area (Å²) >= 11 is 0. The van der Waals surface area contributed by atoms with Crippen molar-refractivity contribution in [2.75, 3.05) is 31.1 Å². The van der Waals surface area contributed by atoms with Crippen LogP contribution in [0.5, 0.6) is 5.75 Å². The van der Waals surface area contributed by atoms with Crippen LogP contribution in [0.15, 0.2) is 54.7 Å². The predicted molar refractivity (Wildman–Crippen MR) is 99.2 cm³/mol. The van der Waals surface area contributed by atoms with Crippen molar-refractivity contribution in [1.82, 2.24) is 10.3 Å². The monoisotopic (exact) mass is 335 g/mol. The fraction of sp³-hybridized carbons (Fsp3) is 0.250. The summed E-state index contributed by atoms with van der Waals surface area (Å²) < 4.78 is 5.63. The maximum absolute atomic E-state index is 12.3. The minimum atomic E-state index is 0.0385. The number of para-hydroxylation sites is 3. The number of anilines is 1. The summed E-state index contributed by atoms with van der Waals surface area (Å²) in [6, 6.07) is 16.1. The number of carbonyl (C=O) groups is 1. The van der Waals surface area contributed by atoms with Gasteiger partial charge in [0.05, 0.1) is 18.8 Å². The van der Waals surface area contributed by atoms with E-state index in [0.717, 1.165) is 29.9 Å². The molecule has 2 heterocycles. The molecule has 0 bridgehead atoms. The zero-order chi connectivity index (χ0) is 17.1. The van der Waals surface area contributed by atoms with Gasteiger partial charge in [-0.05, 0) is 30.2 Å². The Morgan fingerprint density at radius 1 is 1.16 bits per heavy atom. The summed E-state index contributed by atoms with van der Waals surface area (Å²) in [7, 11) is 0. The SMILES string of the molecule is O=C(CN1CCOc2ccccc21)NCCc1c[nH]c2ccccc12. The Labute approximate surface area is 146 Å². The van der Waals surface area contributed by atoms with Crippen molar-refractivity contribution in [3.05, 3.63) is 60.3 Å². The second kappa shape index (κ2) is 6.89. The Morgan fingerprint density at radius 2 is 2.00 bits per heavy atom. The molecule has 0 saturated carbocycles. The van der Waals surface area contributed by atoms with Crippen molar-refractivity contribution in [3.63, 3.8) is 0 Å². The van der Waals surface area contributed by atoms with Crippen LogP contribution in [-0.2, 0) is 11.2 Å². The van der Waals surface area contributed by atoms with Crippen LogP contribution >= 0.6 is 0 Å². The predicted octanol–water partition coefficient (Wildman–Crippen LogP) is 2.73. The molecule has 5 nitrogen and oxygen atoms in total. The van der Waals surface area contributed by atoms with Gasteiger partial charge in [-0.3, -0.25) is 4.79 Å². The number of ether oxygens (including phenoxy) is 1. The minimum absolute atomic E-state index is 0.0385. The van der Waals surface area contributed by atoms with Gasteiger partial charge in [-0.25, -0.2) is 0 Å². The normalized spacial score (nSPS) is 13.4. The van der Waals surface area contributed by atoms with Gasteiger partial charge >= 0.3 is 0 Å². The lowest BCUT2D eigenvalue weighted by molar-refractivity contribution is -0.119. The standard InChI is InChI=1S/C20H21N3O2/c24-20(14-23-11-12-25-19-8-4-3-7-18(19)23)21-10-9-15-13-22-17-6-2-1-5-16(15)17/h1-8,13,22H,9-12,14H2,(H,21,24). The van der Waals surface area contributed by atoms with Crippen molar-refractivity contribution in [1.29, 1.82) is 0 Å². The zero-order valence-electron chi connectivity index (χ0n) is 14.0. The number of aromatic nitrogens is 1. The van der Waals surface area contributed by atoms with Crippen LogP contribution < -0.4 is 15.0 Å². The molecule has 2 aromatic carbocycles. The summed E-state index contributed by atoms with van der Waals surface area (Å²) in [5, 5.41) is 4.25. The van der Waals surface area contributed by atoms with Crippen LogP contribution in [0, 0.1) is 0 Å². The van der Waals surface area contributed by atoms with Crippen molar-refractivity contribution >= 4 is 22.5 Å². The summed E-state index contributed by atoms with van der Waals surface area (Å²) in [5.74, 6) is 0.886. The van der Waals surface area contributed by atoms with Gasteiger partial charge in [0.25, 0.3) is 0 Å². The number of rotatable bonds is 5. The van der Waals surface area contributed by atoms with Gasteiger partial charge in [-0.15, -0.1) is 0 Å². The van der Waals surface area contributed by atoms with Crippen LogP contribution in [0.3, 0.4) is 0 Å². The second-order valence-corrected chi connectivity index (χ2v) is 6.20. The third kappa shape index (κ3) is 3.31. The number of amides is 1. The molecule has 0 fully saturated rings. The van der Waals surface area contributed by atoms with Crippen LogP contribution in [-0.4, -0.2) is 37.1 Å². The van der Waals surface area contributed by atoms with Gasteiger partial charge < -0.3 is 19.9 Å². The Kier molecular flexibility index (Phi) is 4.29. The van der Waals surface area contributed by atoms with Gasteiger partial charge in [-0.2, -0.15) is 0 Å². The van der Waals surface area contributed by atoms with Crippen molar-refractivity contribution in [2.45, 2.75) is 6.42 Å². The fourth-order valence-corrected chi connectivity index (χ4v) is 3.30. The molecular weight excluding hydrogens is 314 g/mol. The first-order valence-electron chi connectivity index (χ1n) is 8.60. The second-order valence-electron chi connectivity index (χ2n) is 6.20. The van der Waals surface area contributed by atoms with Crippen LogP contribution in [0.1, 0.15) is 5.56 Å². The van der Waals surface area contributed by atoms with E-state index in [0.29, 0.717) is 19.7 Å². The highest BCUT2D eigenvalue weighted by molar-refractivity contribution is 5.84. The molecule has 0 atom stereocenters. The van der Waals surface area contributed by atoms with Crippen molar-refractivity contribution in [3.8, 4) is 5.75 Å². The van der Waals surface area contributed by atoms with E-state index in [1.807, 2.05) is 42.6 Å². The maximum Gasteiger partial charge on any atom is 0.239 e. The molecule has 4 rings (SSSR count). The van der Waals surface area contributed by atoms with Gasteiger partial charge in [0, 0.05) is 23.6 Å². The third-order valence-electron chi connectivity index (χ3n) is 4.55. The minimum Gasteiger partial charge on any atom is -0.490 e. The molecule has 3 aromatic rings. The number of carbonyl (C=O) groups excluding carboxylic acids is 1. The third-order valence-corrected chi connectivity index (χ3v) is 4.55. The Morgan fingerprint density at radius 3 is 2.96 bits per heavy atom. The smallest absolute Gasteiger partial charge is 0.239 e. The van der Waals surface area contributed by atoms with Gasteiger partial charge in [0.2, 0.25) is 5.91 Å². The lowest BCUT2D eigenvalue weighted by Gasteiger charge is -2.30. The molecule has 2 N–H and O–H groups in total. The van der Waals surface area contributed by atoms with E-state index in [2.05, 4.69) is 27.3 Å². The van der Waals surface area contributed by atoms with E-state index in [9.17, 15) is 4.79 Å². The highest BCUT2D eigenvalue weighted by Crippen LogP contribution is 2.30. The fourth-order valence-electron chi connectivity index (χ4n) is 3.30. The van der Waals surface area contributed by atoms with E-state index >= 15 is 0 Å². The first-order chi connectivity index (χ1) is 12.3. The summed E-state index contributed by atoms with van der Waals surface area (Å²) in [5.41, 5.74) is 3.35. The molecule has 5 heteroatoms. The average Bonchev–Trinajstić information content (AvgIpc) is 3.05. The quantitative estimate of drug-likeness (QED) is 0.754. The largest absolute Gasteiger partial charge is 0.490 e. The van der Waals surface area contributed by atoms with Crippen LogP contribution in [0.2, 0.25) is 0 Å². The first-order valence-corrected chi connectivity index (χ1v) is 8.60. The lowest BCUT2D eigenvalue weighted by atomic mass is 10.1. The number of nitrogens with zero attached hydrogens (tertiary/aromatic N) is 1. The summed E-state index contributed by atoms with van der Waals surface area (Å²) in [4.78, 5) is 17.6. The molecule has 0 aliphatic carbocycles. The molecule has 1 amide bonds. The Hall–Kier alpha value is -2.95. The molecule has 1 aliphatic heterocycles.